The molecule has 1 atom stereocenters. The summed E-state index contributed by atoms with van der Waals surface area (Å²) in [6.45, 7) is 0.0263. The van der Waals surface area contributed by atoms with E-state index in [9.17, 15) is 0 Å². The molecule has 0 fully saturated rings. The molecular formula is C6H10N2O. The van der Waals surface area contributed by atoms with Crippen LogP contribution < -0.4 is 11.1 Å². The number of aliphatic hydroxyl groups is 1. The molecule has 1 unspecified atom stereocenters. The molecular weight excluding hydrogens is 116 g/mol. The molecule has 0 amide bonds. The molecule has 0 spiro atoms. The van der Waals surface area contributed by atoms with E-state index in [1.807, 2.05) is 6.08 Å². The predicted octanol–water partition coefficient (Wildman–Crippen LogP) is -0.693. The van der Waals surface area contributed by atoms with Gasteiger partial charge in [0.1, 0.15) is 0 Å². The Hall–Kier alpha value is -0.800. The molecule has 0 aliphatic carbocycles. The lowest BCUT2D eigenvalue weighted by Crippen LogP contribution is -2.38. The van der Waals surface area contributed by atoms with Crippen molar-refractivity contribution < 1.29 is 5.11 Å². The number of nitrogens with one attached hydrogen (secondary N) is 1. The van der Waals surface area contributed by atoms with Gasteiger partial charge >= 0.3 is 0 Å². The van der Waals surface area contributed by atoms with E-state index in [-0.39, 0.29) is 12.8 Å². The van der Waals surface area contributed by atoms with E-state index in [1.165, 1.54) is 0 Å². The summed E-state index contributed by atoms with van der Waals surface area (Å²) in [5, 5.41) is 11.5. The molecule has 1 aliphatic rings. The van der Waals surface area contributed by atoms with Gasteiger partial charge < -0.3 is 16.2 Å². The first-order chi connectivity index (χ1) is 4.34. The standard InChI is InChI=1S/C6H10N2O/c7-6-5(4-9)2-1-3-8-6/h1-3,6,8-9H,4,7H2. The molecule has 1 heterocycles. The van der Waals surface area contributed by atoms with Crippen LogP contribution in [0, 0.1) is 0 Å². The van der Waals surface area contributed by atoms with E-state index >= 15 is 0 Å². The van der Waals surface area contributed by atoms with Crippen LogP contribution in [-0.2, 0) is 0 Å². The van der Waals surface area contributed by atoms with Gasteiger partial charge in [0.2, 0.25) is 0 Å². The van der Waals surface area contributed by atoms with Gasteiger partial charge in [0, 0.05) is 0 Å². The van der Waals surface area contributed by atoms with Crippen molar-refractivity contribution in [2.24, 2.45) is 5.73 Å². The minimum atomic E-state index is -0.208. The highest BCUT2D eigenvalue weighted by Gasteiger charge is 2.06. The predicted molar refractivity (Wildman–Crippen MR) is 35.4 cm³/mol. The summed E-state index contributed by atoms with van der Waals surface area (Å²) in [5.74, 6) is 0. The van der Waals surface area contributed by atoms with E-state index in [0.29, 0.717) is 0 Å². The average molecular weight is 126 g/mol. The van der Waals surface area contributed by atoms with Crippen molar-refractivity contribution in [3.05, 3.63) is 23.9 Å². The zero-order chi connectivity index (χ0) is 6.69. The van der Waals surface area contributed by atoms with Crippen molar-refractivity contribution in [2.75, 3.05) is 6.61 Å². The molecule has 0 saturated carbocycles. The summed E-state index contributed by atoms with van der Waals surface area (Å²) in [5.41, 5.74) is 6.32. The van der Waals surface area contributed by atoms with E-state index in [2.05, 4.69) is 5.32 Å². The molecule has 50 valence electrons. The molecule has 3 nitrogen and oxygen atoms in total. The molecule has 4 N–H and O–H groups in total. The van der Waals surface area contributed by atoms with Gasteiger partial charge in [-0.15, -0.1) is 0 Å². The Bertz CT molecular complexity index is 151. The maximum atomic E-state index is 8.64. The number of hydrogen-bond donors (Lipinski definition) is 3. The fourth-order valence-electron chi connectivity index (χ4n) is 0.693. The zero-order valence-electron chi connectivity index (χ0n) is 5.04. The quantitative estimate of drug-likeness (QED) is 0.435. The largest absolute Gasteiger partial charge is 0.392 e. The molecule has 0 radical (unpaired) electrons. The van der Waals surface area contributed by atoms with Crippen LogP contribution in [0.15, 0.2) is 23.9 Å². The summed E-state index contributed by atoms with van der Waals surface area (Å²) < 4.78 is 0. The summed E-state index contributed by atoms with van der Waals surface area (Å²) in [4.78, 5) is 0. The van der Waals surface area contributed by atoms with Gasteiger partial charge in [-0.3, -0.25) is 0 Å². The second-order valence-corrected chi connectivity index (χ2v) is 1.90. The van der Waals surface area contributed by atoms with Gasteiger partial charge in [-0.2, -0.15) is 0 Å². The Morgan fingerprint density at radius 1 is 1.78 bits per heavy atom. The molecule has 3 heteroatoms. The third-order valence-electron chi connectivity index (χ3n) is 1.26. The number of dihydropyridines is 1. The van der Waals surface area contributed by atoms with Crippen molar-refractivity contribution in [1.29, 1.82) is 0 Å². The van der Waals surface area contributed by atoms with Crippen LogP contribution in [0.4, 0.5) is 0 Å². The monoisotopic (exact) mass is 126 g/mol. The van der Waals surface area contributed by atoms with Gasteiger partial charge in [-0.1, -0.05) is 6.08 Å². The topological polar surface area (TPSA) is 58.3 Å². The van der Waals surface area contributed by atoms with E-state index in [1.54, 1.807) is 12.3 Å². The number of hydrogen-bond acceptors (Lipinski definition) is 3. The SMILES string of the molecule is NC1NC=CC=C1CO. The van der Waals surface area contributed by atoms with Crippen LogP contribution >= 0.6 is 0 Å². The van der Waals surface area contributed by atoms with Gasteiger partial charge in [0.05, 0.1) is 12.8 Å². The van der Waals surface area contributed by atoms with Crippen molar-refractivity contribution in [1.82, 2.24) is 5.32 Å². The average Bonchev–Trinajstić information content (AvgIpc) is 1.89. The third kappa shape index (κ3) is 1.31. The Balaban J connectivity index is 2.63. The first-order valence-electron chi connectivity index (χ1n) is 2.82. The molecule has 0 aromatic carbocycles. The van der Waals surface area contributed by atoms with E-state index < -0.39 is 0 Å². The lowest BCUT2D eigenvalue weighted by molar-refractivity contribution is 0.319. The van der Waals surface area contributed by atoms with Gasteiger partial charge in [-0.05, 0) is 17.8 Å². The second kappa shape index (κ2) is 2.66. The minimum Gasteiger partial charge on any atom is -0.392 e. The molecule has 0 bridgehead atoms. The summed E-state index contributed by atoms with van der Waals surface area (Å²) in [6, 6.07) is 0. The number of rotatable bonds is 1. The number of allylic oxidation sites excluding steroid dienone is 2. The molecule has 0 saturated heterocycles. The van der Waals surface area contributed by atoms with Crippen LogP contribution in [0.1, 0.15) is 0 Å². The maximum absolute atomic E-state index is 8.64. The van der Waals surface area contributed by atoms with Gasteiger partial charge in [0.25, 0.3) is 0 Å². The minimum absolute atomic E-state index is 0.0263. The Morgan fingerprint density at radius 3 is 3.00 bits per heavy atom. The van der Waals surface area contributed by atoms with Gasteiger partial charge in [0.15, 0.2) is 0 Å². The first kappa shape index (κ1) is 6.32. The number of nitrogens with two attached hydrogens (primary N) is 1. The van der Waals surface area contributed by atoms with Crippen LogP contribution in [0.5, 0.6) is 0 Å². The van der Waals surface area contributed by atoms with Crippen molar-refractivity contribution in [2.45, 2.75) is 6.17 Å². The van der Waals surface area contributed by atoms with Crippen LogP contribution in [-0.4, -0.2) is 17.9 Å². The molecule has 1 rings (SSSR count). The Morgan fingerprint density at radius 2 is 2.56 bits per heavy atom. The van der Waals surface area contributed by atoms with E-state index in [4.69, 9.17) is 10.8 Å². The Kier molecular flexibility index (Phi) is 1.87. The highest BCUT2D eigenvalue weighted by molar-refractivity contribution is 5.21. The zero-order valence-corrected chi connectivity index (χ0v) is 5.04. The summed E-state index contributed by atoms with van der Waals surface area (Å²) >= 11 is 0. The first-order valence-corrected chi connectivity index (χ1v) is 2.82. The van der Waals surface area contributed by atoms with E-state index in [0.717, 1.165) is 5.57 Å². The van der Waals surface area contributed by atoms with Gasteiger partial charge in [-0.25, -0.2) is 0 Å². The third-order valence-corrected chi connectivity index (χ3v) is 1.26. The lowest BCUT2D eigenvalue weighted by atomic mass is 10.2. The summed E-state index contributed by atoms with van der Waals surface area (Å²) in [6.07, 6.45) is 5.17. The fraction of sp³-hybridized carbons (Fsp3) is 0.333. The lowest BCUT2D eigenvalue weighted by Gasteiger charge is -2.16. The highest BCUT2D eigenvalue weighted by atomic mass is 16.3. The normalized spacial score (nSPS) is 25.1. The smallest absolute Gasteiger partial charge is 0.0986 e. The summed E-state index contributed by atoms with van der Waals surface area (Å²) in [7, 11) is 0. The molecule has 0 aromatic heterocycles. The van der Waals surface area contributed by atoms with Crippen LogP contribution in [0.3, 0.4) is 0 Å². The molecule has 9 heavy (non-hydrogen) atoms. The molecule has 0 aromatic rings. The Labute approximate surface area is 53.9 Å². The van der Waals surface area contributed by atoms with Crippen molar-refractivity contribution in [3.8, 4) is 0 Å². The van der Waals surface area contributed by atoms with Crippen LogP contribution in [0.25, 0.3) is 0 Å². The highest BCUT2D eigenvalue weighted by Crippen LogP contribution is 2.00. The maximum Gasteiger partial charge on any atom is 0.0986 e. The molecule has 1 aliphatic heterocycles. The van der Waals surface area contributed by atoms with Crippen molar-refractivity contribution >= 4 is 0 Å². The van der Waals surface area contributed by atoms with Crippen LogP contribution in [0.2, 0.25) is 0 Å². The van der Waals surface area contributed by atoms with Crippen molar-refractivity contribution in [3.63, 3.8) is 0 Å². The number of aliphatic hydroxyl groups excluding tert-OH is 1. The second-order valence-electron chi connectivity index (χ2n) is 1.90. The fourth-order valence-corrected chi connectivity index (χ4v) is 0.693.